The Morgan fingerprint density at radius 2 is 2.06 bits per heavy atom. The lowest BCUT2D eigenvalue weighted by Crippen LogP contribution is -2.26. The molecule has 0 spiro atoms. The van der Waals surface area contributed by atoms with Crippen LogP contribution in [0.15, 0.2) is 52.0 Å². The van der Waals surface area contributed by atoms with Crippen LogP contribution in [0.3, 0.4) is 0 Å². The molecule has 2 unspecified atom stereocenters. The average Bonchev–Trinajstić information content (AvgIpc) is 3.49. The van der Waals surface area contributed by atoms with Crippen molar-refractivity contribution in [2.24, 2.45) is 11.3 Å². The van der Waals surface area contributed by atoms with Crippen LogP contribution in [0.5, 0.6) is 0 Å². The van der Waals surface area contributed by atoms with E-state index in [-0.39, 0.29) is 28.2 Å². The van der Waals surface area contributed by atoms with Gasteiger partial charge in [0, 0.05) is 15.5 Å². The SMILES string of the molecule is CCC(Sc1cccc(NC(=O)c2ccco2)c1)C(=O)Nc1sc2c(c1C#N)CCC(C(C)(C)C)C2. The van der Waals surface area contributed by atoms with E-state index in [1.807, 2.05) is 25.1 Å². The van der Waals surface area contributed by atoms with Gasteiger partial charge in [-0.25, -0.2) is 0 Å². The zero-order chi connectivity index (χ0) is 25.9. The van der Waals surface area contributed by atoms with Crippen molar-refractivity contribution in [3.05, 3.63) is 64.4 Å². The summed E-state index contributed by atoms with van der Waals surface area (Å²) in [4.78, 5) is 27.6. The van der Waals surface area contributed by atoms with Gasteiger partial charge >= 0.3 is 0 Å². The van der Waals surface area contributed by atoms with Crippen LogP contribution in [0.25, 0.3) is 0 Å². The molecule has 2 N–H and O–H groups in total. The van der Waals surface area contributed by atoms with Gasteiger partial charge in [0.15, 0.2) is 5.76 Å². The number of nitrogens with zero attached hydrogens (tertiary/aromatic N) is 1. The highest BCUT2D eigenvalue weighted by Crippen LogP contribution is 2.44. The number of amides is 2. The van der Waals surface area contributed by atoms with Gasteiger partial charge in [0.25, 0.3) is 5.91 Å². The molecule has 2 atom stereocenters. The Morgan fingerprint density at radius 1 is 1.25 bits per heavy atom. The minimum absolute atomic E-state index is 0.116. The first kappa shape index (κ1) is 26.1. The molecular weight excluding hydrogens is 490 g/mol. The molecule has 0 bridgehead atoms. The van der Waals surface area contributed by atoms with Crippen LogP contribution in [0, 0.1) is 22.7 Å². The maximum absolute atomic E-state index is 13.3. The first-order valence-electron chi connectivity index (χ1n) is 12.2. The van der Waals surface area contributed by atoms with Crippen molar-refractivity contribution >= 4 is 45.6 Å². The summed E-state index contributed by atoms with van der Waals surface area (Å²) in [5, 5.41) is 16.1. The van der Waals surface area contributed by atoms with Gasteiger partial charge in [0.1, 0.15) is 11.1 Å². The van der Waals surface area contributed by atoms with Crippen molar-refractivity contribution in [2.75, 3.05) is 10.6 Å². The van der Waals surface area contributed by atoms with Crippen molar-refractivity contribution < 1.29 is 14.0 Å². The van der Waals surface area contributed by atoms with Crippen LogP contribution in [-0.4, -0.2) is 17.1 Å². The topological polar surface area (TPSA) is 95.1 Å². The molecule has 2 heterocycles. The zero-order valence-corrected chi connectivity index (χ0v) is 22.6. The number of thiophene rings is 1. The second-order valence-corrected chi connectivity index (χ2v) is 12.5. The van der Waals surface area contributed by atoms with E-state index < -0.39 is 0 Å². The molecule has 8 heteroatoms. The Morgan fingerprint density at radius 3 is 2.72 bits per heavy atom. The molecule has 0 saturated heterocycles. The number of thioether (sulfide) groups is 1. The fourth-order valence-electron chi connectivity index (χ4n) is 4.46. The number of furan rings is 1. The first-order chi connectivity index (χ1) is 17.2. The van der Waals surface area contributed by atoms with Gasteiger partial charge in [-0.1, -0.05) is 33.8 Å². The number of benzene rings is 1. The summed E-state index contributed by atoms with van der Waals surface area (Å²) in [7, 11) is 0. The second-order valence-electron chi connectivity index (χ2n) is 10.1. The van der Waals surface area contributed by atoms with Crippen LogP contribution >= 0.6 is 23.1 Å². The number of nitrogens with one attached hydrogen (secondary N) is 2. The maximum atomic E-state index is 13.3. The van der Waals surface area contributed by atoms with Gasteiger partial charge in [-0.2, -0.15) is 5.26 Å². The van der Waals surface area contributed by atoms with E-state index in [4.69, 9.17) is 4.42 Å². The largest absolute Gasteiger partial charge is 0.459 e. The van der Waals surface area contributed by atoms with Crippen LogP contribution < -0.4 is 10.6 Å². The number of carbonyl (C=O) groups is 2. The summed E-state index contributed by atoms with van der Waals surface area (Å²) in [5.74, 6) is 0.360. The first-order valence-corrected chi connectivity index (χ1v) is 13.9. The van der Waals surface area contributed by atoms with Crippen LogP contribution in [0.2, 0.25) is 0 Å². The Bertz CT molecular complexity index is 1280. The number of anilines is 2. The normalized spacial score (nSPS) is 16.0. The van der Waals surface area contributed by atoms with Gasteiger partial charge in [-0.05, 0) is 72.9 Å². The van der Waals surface area contributed by atoms with Gasteiger partial charge < -0.3 is 15.1 Å². The van der Waals surface area contributed by atoms with Gasteiger partial charge in [-0.15, -0.1) is 23.1 Å². The van der Waals surface area contributed by atoms with E-state index in [2.05, 4.69) is 37.5 Å². The number of nitriles is 1. The molecule has 0 saturated carbocycles. The summed E-state index contributed by atoms with van der Waals surface area (Å²) >= 11 is 3.00. The molecule has 3 aromatic rings. The fourth-order valence-corrected chi connectivity index (χ4v) is 6.75. The molecule has 188 valence electrons. The molecule has 6 nitrogen and oxygen atoms in total. The summed E-state index contributed by atoms with van der Waals surface area (Å²) in [5.41, 5.74) is 2.58. The number of hydrogen-bond donors (Lipinski definition) is 2. The molecule has 0 fully saturated rings. The lowest BCUT2D eigenvalue weighted by molar-refractivity contribution is -0.115. The van der Waals surface area contributed by atoms with Crippen molar-refractivity contribution in [3.8, 4) is 6.07 Å². The molecular formula is C28H31N3O3S2. The summed E-state index contributed by atoms with van der Waals surface area (Å²) in [6.45, 7) is 8.78. The van der Waals surface area contributed by atoms with Crippen molar-refractivity contribution in [2.45, 2.75) is 63.5 Å². The molecule has 0 aliphatic heterocycles. The van der Waals surface area contributed by atoms with Crippen LogP contribution in [0.4, 0.5) is 10.7 Å². The van der Waals surface area contributed by atoms with Crippen molar-refractivity contribution in [1.29, 1.82) is 5.26 Å². The molecule has 2 amide bonds. The Balaban J connectivity index is 1.45. The molecule has 0 radical (unpaired) electrons. The maximum Gasteiger partial charge on any atom is 0.291 e. The minimum atomic E-state index is -0.339. The van der Waals surface area contributed by atoms with Crippen LogP contribution in [0.1, 0.15) is 67.1 Å². The highest BCUT2D eigenvalue weighted by molar-refractivity contribution is 8.00. The van der Waals surface area contributed by atoms with E-state index in [1.165, 1.54) is 22.9 Å². The second kappa shape index (κ2) is 10.9. The molecule has 2 aromatic heterocycles. The molecule has 1 aliphatic carbocycles. The number of rotatable bonds is 7. The van der Waals surface area contributed by atoms with Gasteiger partial charge in [-0.3, -0.25) is 9.59 Å². The minimum Gasteiger partial charge on any atom is -0.459 e. The van der Waals surface area contributed by atoms with E-state index in [0.29, 0.717) is 28.6 Å². The third-order valence-electron chi connectivity index (χ3n) is 6.62. The third kappa shape index (κ3) is 5.85. The average molecular weight is 522 g/mol. The van der Waals surface area contributed by atoms with E-state index >= 15 is 0 Å². The van der Waals surface area contributed by atoms with Gasteiger partial charge in [0.2, 0.25) is 5.91 Å². The summed E-state index contributed by atoms with van der Waals surface area (Å²) < 4.78 is 5.15. The monoisotopic (exact) mass is 521 g/mol. The lowest BCUT2D eigenvalue weighted by atomic mass is 9.72. The lowest BCUT2D eigenvalue weighted by Gasteiger charge is -2.33. The Hall–Kier alpha value is -3.02. The predicted octanol–water partition coefficient (Wildman–Crippen LogP) is 7.13. The predicted molar refractivity (Wildman–Crippen MR) is 146 cm³/mol. The standard InChI is InChI=1S/C28H31N3O3S2/c1-5-23(35-19-9-6-8-18(15-19)30-25(32)22-10-7-13-34-22)26(33)31-27-21(16-29)20-12-11-17(28(2,3)4)14-24(20)36-27/h6-10,13,15,17,23H,5,11-12,14H2,1-4H3,(H,30,32)(H,31,33). The number of hydrogen-bond acceptors (Lipinski definition) is 6. The molecule has 36 heavy (non-hydrogen) atoms. The number of fused-ring (bicyclic) bond motifs is 1. The smallest absolute Gasteiger partial charge is 0.291 e. The summed E-state index contributed by atoms with van der Waals surface area (Å²) in [6.07, 6.45) is 4.98. The van der Waals surface area contributed by atoms with E-state index in [9.17, 15) is 14.9 Å². The van der Waals surface area contributed by atoms with Gasteiger partial charge in [0.05, 0.1) is 17.1 Å². The quantitative estimate of drug-likeness (QED) is 0.323. The highest BCUT2D eigenvalue weighted by Gasteiger charge is 2.33. The van der Waals surface area contributed by atoms with Crippen molar-refractivity contribution in [3.63, 3.8) is 0 Å². The molecule has 4 rings (SSSR count). The van der Waals surface area contributed by atoms with E-state index in [0.717, 1.165) is 29.7 Å². The number of carbonyl (C=O) groups excluding carboxylic acids is 2. The van der Waals surface area contributed by atoms with E-state index in [1.54, 1.807) is 29.5 Å². The fraction of sp³-hybridized carbons (Fsp3) is 0.393. The highest BCUT2D eigenvalue weighted by atomic mass is 32.2. The third-order valence-corrected chi connectivity index (χ3v) is 9.14. The Kier molecular flexibility index (Phi) is 7.91. The van der Waals surface area contributed by atoms with Crippen molar-refractivity contribution in [1.82, 2.24) is 0 Å². The Labute approximate surface area is 220 Å². The molecule has 1 aliphatic rings. The summed E-state index contributed by atoms with van der Waals surface area (Å²) in [6, 6.07) is 13.0. The zero-order valence-electron chi connectivity index (χ0n) is 21.0. The molecule has 1 aromatic carbocycles. The van der Waals surface area contributed by atoms with Crippen LogP contribution in [-0.2, 0) is 17.6 Å².